The molecule has 1 amide bonds. The maximum absolute atomic E-state index is 13.4. The number of aryl methyl sites for hydroxylation is 1. The van der Waals surface area contributed by atoms with Crippen LogP contribution in [-0.2, 0) is 6.18 Å². The normalized spacial score (nSPS) is 10.9. The van der Waals surface area contributed by atoms with Crippen molar-refractivity contribution in [1.29, 1.82) is 0 Å². The number of benzene rings is 1. The molecule has 0 atom stereocenters. The number of hydrogen-bond donors (Lipinski definition) is 1. The Morgan fingerprint density at radius 2 is 1.91 bits per heavy atom. The van der Waals surface area contributed by atoms with Crippen LogP contribution in [0.2, 0.25) is 5.02 Å². The van der Waals surface area contributed by atoms with E-state index in [2.05, 4.69) is 20.7 Å². The molecule has 0 saturated carbocycles. The zero-order valence-electron chi connectivity index (χ0n) is 20.0. The molecule has 2 heterocycles. The van der Waals surface area contributed by atoms with Crippen LogP contribution in [0.4, 0.5) is 36.2 Å². The third-order valence-corrected chi connectivity index (χ3v) is 5.23. The van der Waals surface area contributed by atoms with Gasteiger partial charge in [-0.25, -0.2) is 4.98 Å². The van der Waals surface area contributed by atoms with Gasteiger partial charge in [-0.2, -0.15) is 13.2 Å². The second-order valence-corrected chi connectivity index (χ2v) is 7.76. The summed E-state index contributed by atoms with van der Waals surface area (Å²) in [6.45, 7) is 3.47. The standard InChI is InChI=1S/C23H24ClF3N6O.K/c1-5-33(20-8-6-7-19(28-3)30-20)22(34)21-18(11-15(24)13-29-21)31-32(4)16-10-9-14(2)17(12-16)23(25,26)27;/h6-13H,5H2,1-4H3,(H2,28,30,31,34);/q;+1/p-1. The van der Waals surface area contributed by atoms with Crippen LogP contribution in [0.3, 0.4) is 0 Å². The largest absolute Gasteiger partial charge is 1.00 e. The van der Waals surface area contributed by atoms with Crippen molar-refractivity contribution in [2.75, 3.05) is 35.9 Å². The quantitative estimate of drug-likeness (QED) is 0.375. The minimum atomic E-state index is -4.50. The number of halogens is 4. The second kappa shape index (κ2) is 12.4. The van der Waals surface area contributed by atoms with E-state index in [0.717, 1.165) is 6.07 Å². The predicted molar refractivity (Wildman–Crippen MR) is 128 cm³/mol. The molecular formula is C23H23ClF3KN6O. The van der Waals surface area contributed by atoms with E-state index in [9.17, 15) is 18.0 Å². The van der Waals surface area contributed by atoms with Crippen LogP contribution in [0.25, 0.3) is 5.43 Å². The van der Waals surface area contributed by atoms with Crippen molar-refractivity contribution in [3.63, 3.8) is 0 Å². The summed E-state index contributed by atoms with van der Waals surface area (Å²) in [4.78, 5) is 23.4. The van der Waals surface area contributed by atoms with Gasteiger partial charge in [0.05, 0.1) is 10.6 Å². The maximum Gasteiger partial charge on any atom is 1.00 e. The fourth-order valence-electron chi connectivity index (χ4n) is 3.26. The zero-order chi connectivity index (χ0) is 25.0. The van der Waals surface area contributed by atoms with E-state index < -0.39 is 17.6 Å². The first kappa shape index (κ1) is 29.3. The molecule has 3 rings (SSSR count). The topological polar surface area (TPSA) is 75.5 Å². The van der Waals surface area contributed by atoms with E-state index in [4.69, 9.17) is 11.6 Å². The average Bonchev–Trinajstić information content (AvgIpc) is 2.79. The third-order valence-electron chi connectivity index (χ3n) is 5.02. The first-order valence-electron chi connectivity index (χ1n) is 10.3. The Bertz CT molecular complexity index is 1190. The summed E-state index contributed by atoms with van der Waals surface area (Å²) in [5.41, 5.74) is 3.96. The number of carbonyl (C=O) groups excluding carboxylic acids is 1. The van der Waals surface area contributed by atoms with E-state index in [1.54, 1.807) is 32.2 Å². The molecule has 0 unspecified atom stereocenters. The van der Waals surface area contributed by atoms with Gasteiger partial charge in [0.15, 0.2) is 0 Å². The smallest absolute Gasteiger partial charge is 0.593 e. The SMILES string of the molecule is CCN(C(=O)c1ncc(Cl)cc1[N-]N(C)c1ccc(C)c(C(F)(F)F)c1)c1cccc(NC)n1.[K+]. The third kappa shape index (κ3) is 7.08. The van der Waals surface area contributed by atoms with Crippen LogP contribution in [0.5, 0.6) is 0 Å². The summed E-state index contributed by atoms with van der Waals surface area (Å²) in [7, 11) is 3.20. The molecule has 12 heteroatoms. The summed E-state index contributed by atoms with van der Waals surface area (Å²) in [5, 5.41) is 4.39. The molecule has 0 aliphatic heterocycles. The molecule has 3 aromatic rings. The summed E-state index contributed by atoms with van der Waals surface area (Å²) >= 11 is 6.09. The van der Waals surface area contributed by atoms with E-state index in [0.29, 0.717) is 18.2 Å². The molecule has 2 aromatic heterocycles. The van der Waals surface area contributed by atoms with Gasteiger partial charge in [0.2, 0.25) is 0 Å². The van der Waals surface area contributed by atoms with Crippen LogP contribution >= 0.6 is 11.6 Å². The van der Waals surface area contributed by atoms with Gasteiger partial charge in [0.1, 0.15) is 17.3 Å². The average molecular weight is 531 g/mol. The van der Waals surface area contributed by atoms with Gasteiger partial charge in [-0.3, -0.25) is 14.7 Å². The Morgan fingerprint density at radius 3 is 2.54 bits per heavy atom. The number of nitrogens with zero attached hydrogens (tertiary/aromatic N) is 5. The first-order valence-corrected chi connectivity index (χ1v) is 10.7. The van der Waals surface area contributed by atoms with E-state index in [1.165, 1.54) is 48.3 Å². The Hall–Kier alpha value is -1.89. The van der Waals surface area contributed by atoms with Gasteiger partial charge < -0.3 is 15.8 Å². The van der Waals surface area contributed by atoms with Gasteiger partial charge in [-0.05, 0) is 50.7 Å². The summed E-state index contributed by atoms with van der Waals surface area (Å²) < 4.78 is 40.0. The molecule has 0 aliphatic rings. The van der Waals surface area contributed by atoms with Gasteiger partial charge in [-0.15, -0.1) is 0 Å². The van der Waals surface area contributed by atoms with Crippen molar-refractivity contribution < 1.29 is 69.4 Å². The molecule has 35 heavy (non-hydrogen) atoms. The molecule has 0 radical (unpaired) electrons. The number of carbonyl (C=O) groups is 1. The predicted octanol–water partition coefficient (Wildman–Crippen LogP) is 3.23. The number of hydrogen-bond acceptors (Lipinski definition) is 5. The number of anilines is 3. The number of pyridine rings is 2. The van der Waals surface area contributed by atoms with Crippen LogP contribution in [-0.4, -0.2) is 36.5 Å². The number of rotatable bonds is 7. The molecule has 0 fully saturated rings. The van der Waals surface area contributed by atoms with E-state index >= 15 is 0 Å². The summed E-state index contributed by atoms with van der Waals surface area (Å²) in [6.07, 6.45) is -3.19. The monoisotopic (exact) mass is 530 g/mol. The molecule has 0 aliphatic carbocycles. The molecule has 0 bridgehead atoms. The van der Waals surface area contributed by atoms with Crippen LogP contribution < -0.4 is 66.6 Å². The van der Waals surface area contributed by atoms with Crippen molar-refractivity contribution in [2.45, 2.75) is 20.0 Å². The Morgan fingerprint density at radius 1 is 1.20 bits per heavy atom. The molecule has 0 saturated heterocycles. The molecule has 1 aromatic carbocycles. The van der Waals surface area contributed by atoms with E-state index in [1.807, 2.05) is 0 Å². The molecule has 180 valence electrons. The van der Waals surface area contributed by atoms with Crippen molar-refractivity contribution in [2.24, 2.45) is 0 Å². The number of aromatic nitrogens is 2. The maximum atomic E-state index is 13.4. The van der Waals surface area contributed by atoms with E-state index in [-0.39, 0.29) is 79.0 Å². The van der Waals surface area contributed by atoms with Gasteiger partial charge >= 0.3 is 57.6 Å². The minimum Gasteiger partial charge on any atom is -0.593 e. The Labute approximate surface area is 249 Å². The Balaban J connectivity index is 0.00000432. The van der Waals surface area contributed by atoms with Crippen LogP contribution in [0.15, 0.2) is 48.7 Å². The molecule has 7 nitrogen and oxygen atoms in total. The van der Waals surface area contributed by atoms with Crippen molar-refractivity contribution in [3.05, 3.63) is 75.9 Å². The van der Waals surface area contributed by atoms with Crippen molar-refractivity contribution in [3.8, 4) is 0 Å². The fraction of sp³-hybridized carbons (Fsp3) is 0.261. The van der Waals surface area contributed by atoms with Crippen LogP contribution in [0.1, 0.15) is 28.5 Å². The van der Waals surface area contributed by atoms with Gasteiger partial charge in [0.25, 0.3) is 5.91 Å². The fourth-order valence-corrected chi connectivity index (χ4v) is 3.41. The second-order valence-electron chi connectivity index (χ2n) is 7.32. The van der Waals surface area contributed by atoms with Crippen molar-refractivity contribution >= 4 is 40.5 Å². The van der Waals surface area contributed by atoms with Crippen LogP contribution in [0, 0.1) is 6.92 Å². The Kier molecular flexibility index (Phi) is 10.4. The number of amides is 1. The number of alkyl halides is 3. The van der Waals surface area contributed by atoms with Gasteiger partial charge in [0, 0.05) is 25.5 Å². The molecular weight excluding hydrogens is 508 g/mol. The van der Waals surface area contributed by atoms with Crippen molar-refractivity contribution in [1.82, 2.24) is 9.97 Å². The molecule has 1 N–H and O–H groups in total. The minimum absolute atomic E-state index is 0. The first-order chi connectivity index (χ1) is 16.0. The summed E-state index contributed by atoms with van der Waals surface area (Å²) in [6, 6.07) is 10.5. The molecule has 0 spiro atoms. The zero-order valence-corrected chi connectivity index (χ0v) is 23.9. The van der Waals surface area contributed by atoms with Gasteiger partial charge in [-0.1, -0.05) is 35.5 Å². The summed E-state index contributed by atoms with van der Waals surface area (Å²) in [5.74, 6) is 0.507. The number of nitrogens with one attached hydrogen (secondary N) is 1.